The van der Waals surface area contributed by atoms with Crippen LogP contribution in [0.1, 0.15) is 59.3 Å². The number of carbonyl (C=O) groups excluding carboxylic acids is 1. The molecule has 11 heteroatoms. The van der Waals surface area contributed by atoms with Crippen molar-refractivity contribution >= 4 is 13.7 Å². The van der Waals surface area contributed by atoms with Gasteiger partial charge in [-0.15, -0.1) is 0 Å². The lowest BCUT2D eigenvalue weighted by atomic mass is 10.1. The minimum Gasteiger partial charge on any atom is -0.348 e. The van der Waals surface area contributed by atoms with Crippen molar-refractivity contribution < 1.29 is 36.8 Å². The highest BCUT2D eigenvalue weighted by Gasteiger charge is 2.38. The van der Waals surface area contributed by atoms with Crippen molar-refractivity contribution in [1.29, 1.82) is 0 Å². The van der Waals surface area contributed by atoms with E-state index in [1.54, 1.807) is 5.32 Å². The van der Waals surface area contributed by atoms with E-state index in [4.69, 9.17) is 9.79 Å². The normalized spacial score (nSPS) is 11.9. The van der Waals surface area contributed by atoms with Crippen LogP contribution in [0, 0.1) is 0 Å². The SMILES string of the molecule is CCN(CC)CC.O=C(NCCCCCCCCOP(=O)(O)O)C(F)(F)F. The molecule has 0 aliphatic heterocycles. The Morgan fingerprint density at radius 1 is 0.963 bits per heavy atom. The van der Waals surface area contributed by atoms with E-state index in [2.05, 4.69) is 30.2 Å². The average molecular weight is 422 g/mol. The van der Waals surface area contributed by atoms with Crippen LogP contribution in [0.5, 0.6) is 0 Å². The third-order valence-electron chi connectivity index (χ3n) is 3.72. The molecule has 164 valence electrons. The molecule has 0 rings (SSSR count). The smallest absolute Gasteiger partial charge is 0.348 e. The van der Waals surface area contributed by atoms with Gasteiger partial charge in [0, 0.05) is 6.54 Å². The topological polar surface area (TPSA) is 99.1 Å². The first-order chi connectivity index (χ1) is 12.5. The van der Waals surface area contributed by atoms with E-state index in [0.29, 0.717) is 19.3 Å². The zero-order chi connectivity index (χ0) is 21.3. The quantitative estimate of drug-likeness (QED) is 0.311. The summed E-state index contributed by atoms with van der Waals surface area (Å²) in [5.74, 6) is -1.92. The van der Waals surface area contributed by atoms with E-state index < -0.39 is 19.9 Å². The first-order valence-electron chi connectivity index (χ1n) is 9.25. The zero-order valence-corrected chi connectivity index (χ0v) is 17.3. The molecule has 0 atom stereocenters. The van der Waals surface area contributed by atoms with Crippen LogP contribution in [0.25, 0.3) is 0 Å². The van der Waals surface area contributed by atoms with Crippen LogP contribution < -0.4 is 5.32 Å². The standard InChI is InChI=1S/C10H19F3NO5P.C6H15N/c11-10(12,13)9(15)14-7-5-3-1-2-4-6-8-19-20(16,17)18;1-4-7(5-2)6-3/h1-8H2,(H,14,15)(H2,16,17,18);4-6H2,1-3H3. The molecule has 0 aliphatic rings. The Labute approximate surface area is 159 Å². The second-order valence-electron chi connectivity index (χ2n) is 5.82. The number of nitrogens with one attached hydrogen (secondary N) is 1. The number of alkyl halides is 3. The maximum absolute atomic E-state index is 11.8. The van der Waals surface area contributed by atoms with Crippen LogP contribution >= 0.6 is 7.82 Å². The summed E-state index contributed by atoms with van der Waals surface area (Å²) in [6, 6.07) is 0. The summed E-state index contributed by atoms with van der Waals surface area (Å²) in [6.45, 7) is 10.1. The molecule has 3 N–H and O–H groups in total. The van der Waals surface area contributed by atoms with Crippen LogP contribution in [0.15, 0.2) is 0 Å². The van der Waals surface area contributed by atoms with Gasteiger partial charge in [0.15, 0.2) is 0 Å². The minimum atomic E-state index is -4.83. The molecule has 0 aromatic carbocycles. The fraction of sp³-hybridized carbons (Fsp3) is 0.938. The lowest BCUT2D eigenvalue weighted by molar-refractivity contribution is -0.173. The Morgan fingerprint density at radius 2 is 1.41 bits per heavy atom. The summed E-state index contributed by atoms with van der Waals surface area (Å²) in [5, 5.41) is 1.78. The van der Waals surface area contributed by atoms with Gasteiger partial charge in [0.05, 0.1) is 6.61 Å². The second kappa shape index (κ2) is 16.3. The number of phosphoric acid groups is 1. The monoisotopic (exact) mass is 422 g/mol. The van der Waals surface area contributed by atoms with E-state index in [1.165, 1.54) is 19.6 Å². The number of amides is 1. The largest absolute Gasteiger partial charge is 0.471 e. The molecule has 0 spiro atoms. The van der Waals surface area contributed by atoms with E-state index >= 15 is 0 Å². The molecule has 0 heterocycles. The number of hydrogen-bond acceptors (Lipinski definition) is 4. The van der Waals surface area contributed by atoms with Gasteiger partial charge in [-0.25, -0.2) is 4.57 Å². The van der Waals surface area contributed by atoms with Crippen molar-refractivity contribution in [3.05, 3.63) is 0 Å². The Balaban J connectivity index is 0. The van der Waals surface area contributed by atoms with Gasteiger partial charge < -0.3 is 20.0 Å². The zero-order valence-electron chi connectivity index (χ0n) is 16.4. The second-order valence-corrected chi connectivity index (χ2v) is 7.06. The summed E-state index contributed by atoms with van der Waals surface area (Å²) < 4.78 is 50.0. The number of halogens is 3. The Bertz CT molecular complexity index is 410. The van der Waals surface area contributed by atoms with E-state index in [0.717, 1.165) is 19.3 Å². The lowest BCUT2D eigenvalue weighted by Gasteiger charge is -2.13. The van der Waals surface area contributed by atoms with Crippen LogP contribution in [0.4, 0.5) is 13.2 Å². The van der Waals surface area contributed by atoms with Gasteiger partial charge in [-0.3, -0.25) is 9.32 Å². The third kappa shape index (κ3) is 21.5. The Hall–Kier alpha value is -0.670. The first kappa shape index (κ1) is 28.5. The van der Waals surface area contributed by atoms with Gasteiger partial charge in [0.25, 0.3) is 0 Å². The molecule has 0 radical (unpaired) electrons. The highest BCUT2D eigenvalue weighted by atomic mass is 31.2. The predicted molar refractivity (Wildman–Crippen MR) is 98.2 cm³/mol. The molecule has 0 bridgehead atoms. The summed E-state index contributed by atoms with van der Waals surface area (Å²) in [7, 11) is -4.39. The maximum atomic E-state index is 11.8. The number of unbranched alkanes of at least 4 members (excludes halogenated alkanes) is 5. The molecule has 0 saturated carbocycles. The number of phosphoric ester groups is 1. The molecule has 0 aliphatic carbocycles. The molecule has 0 fully saturated rings. The van der Waals surface area contributed by atoms with Gasteiger partial charge in [-0.1, -0.05) is 46.5 Å². The van der Waals surface area contributed by atoms with Gasteiger partial charge >= 0.3 is 19.9 Å². The Kier molecular flexibility index (Phi) is 17.2. The molecule has 0 aromatic rings. The van der Waals surface area contributed by atoms with Crippen molar-refractivity contribution in [2.75, 3.05) is 32.8 Å². The minimum absolute atomic E-state index is 0.0142. The number of carbonyl (C=O) groups is 1. The number of rotatable bonds is 13. The van der Waals surface area contributed by atoms with Gasteiger partial charge in [-0.05, 0) is 32.5 Å². The summed E-state index contributed by atoms with van der Waals surface area (Å²) >= 11 is 0. The fourth-order valence-electron chi connectivity index (χ4n) is 2.09. The van der Waals surface area contributed by atoms with Crippen LogP contribution in [0.2, 0.25) is 0 Å². The van der Waals surface area contributed by atoms with Gasteiger partial charge in [0.1, 0.15) is 0 Å². The molecular weight excluding hydrogens is 388 g/mol. The highest BCUT2D eigenvalue weighted by Crippen LogP contribution is 2.35. The van der Waals surface area contributed by atoms with E-state index in [9.17, 15) is 22.5 Å². The molecule has 1 amide bonds. The van der Waals surface area contributed by atoms with Crippen molar-refractivity contribution in [1.82, 2.24) is 10.2 Å². The first-order valence-corrected chi connectivity index (χ1v) is 10.8. The van der Waals surface area contributed by atoms with E-state index in [-0.39, 0.29) is 13.2 Å². The molecule has 27 heavy (non-hydrogen) atoms. The molecule has 0 aromatic heterocycles. The summed E-state index contributed by atoms with van der Waals surface area (Å²) in [4.78, 5) is 29.6. The highest BCUT2D eigenvalue weighted by molar-refractivity contribution is 7.46. The molecule has 0 saturated heterocycles. The van der Waals surface area contributed by atoms with Crippen LogP contribution in [0.3, 0.4) is 0 Å². The van der Waals surface area contributed by atoms with Crippen LogP contribution in [-0.4, -0.2) is 59.6 Å². The molecule has 0 unspecified atom stereocenters. The van der Waals surface area contributed by atoms with Crippen molar-refractivity contribution in [3.63, 3.8) is 0 Å². The summed E-state index contributed by atoms with van der Waals surface area (Å²) in [6.07, 6.45) is -0.905. The average Bonchev–Trinajstić information content (AvgIpc) is 2.56. The summed E-state index contributed by atoms with van der Waals surface area (Å²) in [5.41, 5.74) is 0. The van der Waals surface area contributed by atoms with Crippen LogP contribution in [-0.2, 0) is 13.9 Å². The van der Waals surface area contributed by atoms with Gasteiger partial charge in [0.2, 0.25) is 0 Å². The number of hydrogen-bond donors (Lipinski definition) is 3. The maximum Gasteiger partial charge on any atom is 0.471 e. The lowest BCUT2D eigenvalue weighted by Crippen LogP contribution is -2.37. The fourth-order valence-corrected chi connectivity index (χ4v) is 2.46. The third-order valence-corrected chi connectivity index (χ3v) is 4.23. The van der Waals surface area contributed by atoms with Crippen molar-refractivity contribution in [2.45, 2.75) is 65.5 Å². The number of nitrogens with zero attached hydrogens (tertiary/aromatic N) is 1. The molecular formula is C16H34F3N2O5P. The van der Waals surface area contributed by atoms with Crippen molar-refractivity contribution in [2.24, 2.45) is 0 Å². The van der Waals surface area contributed by atoms with Crippen molar-refractivity contribution in [3.8, 4) is 0 Å². The Morgan fingerprint density at radius 3 is 1.78 bits per heavy atom. The van der Waals surface area contributed by atoms with Gasteiger partial charge in [-0.2, -0.15) is 13.2 Å². The van der Waals surface area contributed by atoms with E-state index in [1.807, 2.05) is 0 Å². The molecule has 7 nitrogen and oxygen atoms in total. The predicted octanol–water partition coefficient (Wildman–Crippen LogP) is 3.46.